The number of carbonyl (C=O) groups is 1. The summed E-state index contributed by atoms with van der Waals surface area (Å²) in [6.45, 7) is 0.414. The second kappa shape index (κ2) is 5.74. The van der Waals surface area contributed by atoms with E-state index in [1.165, 1.54) is 12.0 Å². The molecule has 15 heavy (non-hydrogen) atoms. The zero-order valence-electron chi connectivity index (χ0n) is 8.58. The smallest absolute Gasteiger partial charge is 0.275 e. The van der Waals surface area contributed by atoms with Gasteiger partial charge < -0.3 is 14.7 Å². The zero-order valence-corrected chi connectivity index (χ0v) is 9.40. The Hall–Kier alpha value is -1.05. The summed E-state index contributed by atoms with van der Waals surface area (Å²) in [5.74, 6) is -0.251. The number of aromatic nitrogens is 2. The number of ether oxygens (including phenoxy) is 1. The zero-order chi connectivity index (χ0) is 11.3. The van der Waals surface area contributed by atoms with Crippen molar-refractivity contribution in [3.05, 3.63) is 11.1 Å². The van der Waals surface area contributed by atoms with Crippen LogP contribution in [0.3, 0.4) is 0 Å². The monoisotopic (exact) mass is 231 g/mol. The van der Waals surface area contributed by atoms with Gasteiger partial charge in [0.25, 0.3) is 5.91 Å². The number of aliphatic hydroxyl groups excluding tert-OH is 1. The van der Waals surface area contributed by atoms with Gasteiger partial charge in [-0.15, -0.1) is 5.10 Å². The molecule has 1 heterocycles. The Morgan fingerprint density at radius 3 is 3.07 bits per heavy atom. The van der Waals surface area contributed by atoms with E-state index < -0.39 is 6.10 Å². The lowest BCUT2D eigenvalue weighted by atomic mass is 10.3. The molecule has 0 bridgehead atoms. The summed E-state index contributed by atoms with van der Waals surface area (Å²) < 4.78 is 8.36. The molecule has 1 amide bonds. The molecular weight excluding hydrogens is 218 g/mol. The predicted octanol–water partition coefficient (Wildman–Crippen LogP) is -0.383. The number of aliphatic hydroxyl groups is 1. The molecule has 6 nitrogen and oxygen atoms in total. The van der Waals surface area contributed by atoms with Gasteiger partial charge in [0.05, 0.1) is 12.7 Å². The van der Waals surface area contributed by atoms with Crippen LogP contribution in [-0.4, -0.2) is 58.9 Å². The molecule has 0 fully saturated rings. The van der Waals surface area contributed by atoms with Crippen molar-refractivity contribution in [2.45, 2.75) is 6.10 Å². The molecule has 0 aromatic carbocycles. The molecule has 0 aliphatic heterocycles. The molecule has 1 N–H and O–H groups in total. The standard InChI is InChI=1S/C8H13N3O3S/c1-11(3-6(12)4-14-2)8(13)7-5-15-10-9-7/h5-6,12H,3-4H2,1-2H3. The van der Waals surface area contributed by atoms with Crippen LogP contribution >= 0.6 is 11.5 Å². The number of hydrogen-bond acceptors (Lipinski definition) is 6. The Balaban J connectivity index is 2.47. The quantitative estimate of drug-likeness (QED) is 0.747. The van der Waals surface area contributed by atoms with Gasteiger partial charge >= 0.3 is 0 Å². The van der Waals surface area contributed by atoms with E-state index >= 15 is 0 Å². The van der Waals surface area contributed by atoms with E-state index in [2.05, 4.69) is 9.59 Å². The number of carbonyl (C=O) groups excluding carboxylic acids is 1. The predicted molar refractivity (Wildman–Crippen MR) is 54.8 cm³/mol. The van der Waals surface area contributed by atoms with Gasteiger partial charge in [0.2, 0.25) is 0 Å². The molecule has 0 spiro atoms. The fraction of sp³-hybridized carbons (Fsp3) is 0.625. The molecule has 0 saturated carbocycles. The van der Waals surface area contributed by atoms with Gasteiger partial charge in [0.1, 0.15) is 0 Å². The molecule has 1 aromatic rings. The van der Waals surface area contributed by atoms with Crippen molar-refractivity contribution < 1.29 is 14.6 Å². The van der Waals surface area contributed by atoms with Crippen molar-refractivity contribution in [3.8, 4) is 0 Å². The first-order valence-electron chi connectivity index (χ1n) is 4.34. The third-order valence-corrected chi connectivity index (χ3v) is 2.27. The van der Waals surface area contributed by atoms with Crippen LogP contribution in [0.2, 0.25) is 0 Å². The topological polar surface area (TPSA) is 75.6 Å². The third kappa shape index (κ3) is 3.54. The van der Waals surface area contributed by atoms with E-state index in [-0.39, 0.29) is 19.1 Å². The molecule has 1 rings (SSSR count). The molecule has 1 aromatic heterocycles. The second-order valence-corrected chi connectivity index (χ2v) is 3.69. The number of nitrogens with zero attached hydrogens (tertiary/aromatic N) is 3. The highest BCUT2D eigenvalue weighted by Crippen LogP contribution is 2.02. The van der Waals surface area contributed by atoms with E-state index in [1.54, 1.807) is 12.4 Å². The Kier molecular flexibility index (Phi) is 4.60. The Morgan fingerprint density at radius 1 is 1.80 bits per heavy atom. The average Bonchev–Trinajstić information content (AvgIpc) is 2.69. The summed E-state index contributed by atoms with van der Waals surface area (Å²) in [5, 5.41) is 14.6. The fourth-order valence-corrected chi connectivity index (χ4v) is 1.53. The number of likely N-dealkylation sites (N-methyl/N-ethyl adjacent to an activating group) is 1. The molecule has 7 heteroatoms. The lowest BCUT2D eigenvalue weighted by molar-refractivity contribution is 0.0378. The SMILES string of the molecule is COCC(O)CN(C)C(=O)c1csnn1. The first kappa shape index (κ1) is 12.0. The van der Waals surface area contributed by atoms with Crippen LogP contribution < -0.4 is 0 Å². The first-order chi connectivity index (χ1) is 7.15. The molecular formula is C8H13N3O3S. The Labute approximate surface area is 91.6 Å². The molecule has 0 aliphatic rings. The van der Waals surface area contributed by atoms with Gasteiger partial charge in [0.15, 0.2) is 5.69 Å². The molecule has 0 saturated heterocycles. The van der Waals surface area contributed by atoms with Gasteiger partial charge in [-0.05, 0) is 11.5 Å². The van der Waals surface area contributed by atoms with E-state index in [0.29, 0.717) is 5.69 Å². The minimum Gasteiger partial charge on any atom is -0.389 e. The highest BCUT2D eigenvalue weighted by molar-refractivity contribution is 7.03. The average molecular weight is 231 g/mol. The maximum Gasteiger partial charge on any atom is 0.275 e. The van der Waals surface area contributed by atoms with Crippen LogP contribution in [0, 0.1) is 0 Å². The van der Waals surface area contributed by atoms with Crippen LogP contribution in [0.25, 0.3) is 0 Å². The number of methoxy groups -OCH3 is 1. The lowest BCUT2D eigenvalue weighted by Crippen LogP contribution is -2.36. The molecule has 1 atom stereocenters. The Bertz CT molecular complexity index is 304. The van der Waals surface area contributed by atoms with Gasteiger partial charge in [-0.2, -0.15) is 0 Å². The summed E-state index contributed by atoms with van der Waals surface area (Å²) in [5.41, 5.74) is 0.298. The van der Waals surface area contributed by atoms with Gasteiger partial charge in [-0.1, -0.05) is 4.49 Å². The lowest BCUT2D eigenvalue weighted by Gasteiger charge is -2.19. The summed E-state index contributed by atoms with van der Waals surface area (Å²) in [6, 6.07) is 0. The maximum atomic E-state index is 11.6. The van der Waals surface area contributed by atoms with Crippen LogP contribution in [0.15, 0.2) is 5.38 Å². The van der Waals surface area contributed by atoms with Crippen molar-refractivity contribution in [2.24, 2.45) is 0 Å². The van der Waals surface area contributed by atoms with Crippen molar-refractivity contribution in [1.29, 1.82) is 0 Å². The van der Waals surface area contributed by atoms with Crippen molar-refractivity contribution >= 4 is 17.4 Å². The third-order valence-electron chi connectivity index (χ3n) is 1.77. The molecule has 0 radical (unpaired) electrons. The Morgan fingerprint density at radius 2 is 2.53 bits per heavy atom. The van der Waals surface area contributed by atoms with Crippen LogP contribution in [0.1, 0.15) is 10.5 Å². The molecule has 84 valence electrons. The highest BCUT2D eigenvalue weighted by atomic mass is 32.1. The minimum absolute atomic E-state index is 0.201. The minimum atomic E-state index is -0.685. The van der Waals surface area contributed by atoms with E-state index in [4.69, 9.17) is 4.74 Å². The van der Waals surface area contributed by atoms with E-state index in [0.717, 1.165) is 11.5 Å². The summed E-state index contributed by atoms with van der Waals surface area (Å²) in [6.07, 6.45) is -0.685. The van der Waals surface area contributed by atoms with E-state index in [9.17, 15) is 9.90 Å². The van der Waals surface area contributed by atoms with Crippen LogP contribution in [0.5, 0.6) is 0 Å². The van der Waals surface area contributed by atoms with Crippen LogP contribution in [-0.2, 0) is 4.74 Å². The second-order valence-electron chi connectivity index (χ2n) is 3.08. The normalized spacial score (nSPS) is 12.5. The maximum absolute atomic E-state index is 11.6. The largest absolute Gasteiger partial charge is 0.389 e. The summed E-state index contributed by atoms with van der Waals surface area (Å²) >= 11 is 1.12. The number of hydrogen-bond donors (Lipinski definition) is 1. The highest BCUT2D eigenvalue weighted by Gasteiger charge is 2.17. The number of rotatable bonds is 5. The molecule has 0 aliphatic carbocycles. The number of amides is 1. The van der Waals surface area contributed by atoms with Crippen molar-refractivity contribution in [1.82, 2.24) is 14.5 Å². The summed E-state index contributed by atoms with van der Waals surface area (Å²) in [4.78, 5) is 13.0. The van der Waals surface area contributed by atoms with E-state index in [1.807, 2.05) is 0 Å². The van der Waals surface area contributed by atoms with Gasteiger partial charge in [-0.25, -0.2) is 0 Å². The fourth-order valence-electron chi connectivity index (χ4n) is 1.10. The summed E-state index contributed by atoms with van der Waals surface area (Å²) in [7, 11) is 3.09. The first-order valence-corrected chi connectivity index (χ1v) is 5.18. The van der Waals surface area contributed by atoms with Gasteiger partial charge in [-0.3, -0.25) is 4.79 Å². The van der Waals surface area contributed by atoms with Crippen LogP contribution in [0.4, 0.5) is 0 Å². The van der Waals surface area contributed by atoms with Crippen molar-refractivity contribution in [2.75, 3.05) is 27.3 Å². The van der Waals surface area contributed by atoms with Gasteiger partial charge in [0, 0.05) is 26.1 Å². The molecule has 1 unspecified atom stereocenters. The van der Waals surface area contributed by atoms with Crippen molar-refractivity contribution in [3.63, 3.8) is 0 Å².